The number of rotatable bonds is 2. The number of hydrogen-bond acceptors (Lipinski definition) is 3. The molecule has 1 atom stereocenters. The Labute approximate surface area is 79.4 Å². The minimum Gasteiger partial charge on any atom is -0.394 e. The Balaban J connectivity index is 3.26. The van der Waals surface area contributed by atoms with Crippen molar-refractivity contribution in [2.75, 3.05) is 6.61 Å². The predicted molar refractivity (Wildman–Crippen MR) is 45.1 cm³/mol. The van der Waals surface area contributed by atoms with E-state index in [2.05, 4.69) is 0 Å². The molecule has 0 aromatic heterocycles. The fourth-order valence-corrected chi connectivity index (χ4v) is 1.09. The van der Waals surface area contributed by atoms with Gasteiger partial charge in [0.15, 0.2) is 0 Å². The predicted octanol–water partition coefficient (Wildman–Crippen LogP) is 0.829. The monoisotopic (exact) mass is 198 g/mol. The van der Waals surface area contributed by atoms with Gasteiger partial charge in [0.2, 0.25) is 0 Å². The molecule has 3 N–H and O–H groups in total. The van der Waals surface area contributed by atoms with Gasteiger partial charge in [0.1, 0.15) is 11.6 Å². The summed E-state index contributed by atoms with van der Waals surface area (Å²) in [6, 6.07) is 2.27. The number of hydrogen-bond donors (Lipinski definition) is 2. The van der Waals surface area contributed by atoms with Crippen LogP contribution >= 0.6 is 0 Å². The van der Waals surface area contributed by atoms with Crippen LogP contribution in [0.25, 0.3) is 0 Å². The molecule has 1 aromatic carbocycles. The normalized spacial score (nSPS) is 12.2. The van der Waals surface area contributed by atoms with Crippen molar-refractivity contribution in [3.63, 3.8) is 0 Å². The van der Waals surface area contributed by atoms with Crippen LogP contribution in [0, 0.1) is 23.0 Å². The van der Waals surface area contributed by atoms with Crippen LogP contribution in [0.5, 0.6) is 0 Å². The van der Waals surface area contributed by atoms with Crippen LogP contribution in [0.3, 0.4) is 0 Å². The van der Waals surface area contributed by atoms with Crippen LogP contribution in [0.15, 0.2) is 12.1 Å². The lowest BCUT2D eigenvalue weighted by Gasteiger charge is -2.10. The quantitative estimate of drug-likeness (QED) is 0.739. The highest BCUT2D eigenvalue weighted by atomic mass is 19.1. The van der Waals surface area contributed by atoms with Crippen LogP contribution in [0.1, 0.15) is 17.2 Å². The molecule has 0 heterocycles. The highest BCUT2D eigenvalue weighted by molar-refractivity contribution is 5.35. The number of aliphatic hydroxyl groups is 1. The van der Waals surface area contributed by atoms with Gasteiger partial charge in [-0.05, 0) is 12.1 Å². The zero-order valence-corrected chi connectivity index (χ0v) is 7.17. The molecule has 0 aliphatic rings. The lowest BCUT2D eigenvalue weighted by atomic mass is 10.0. The molecule has 0 spiro atoms. The minimum atomic E-state index is -1.11. The second-order valence-electron chi connectivity index (χ2n) is 2.75. The molecule has 1 aromatic rings. The molecule has 0 saturated carbocycles. The maximum atomic E-state index is 13.2. The lowest BCUT2D eigenvalue weighted by Crippen LogP contribution is -2.18. The summed E-state index contributed by atoms with van der Waals surface area (Å²) < 4.78 is 26.3. The Morgan fingerprint density at radius 2 is 1.93 bits per heavy atom. The first-order valence-electron chi connectivity index (χ1n) is 3.85. The summed E-state index contributed by atoms with van der Waals surface area (Å²) in [6.45, 7) is -0.556. The van der Waals surface area contributed by atoms with Crippen LogP contribution in [-0.4, -0.2) is 11.7 Å². The molecule has 5 heteroatoms. The molecule has 1 rings (SSSR count). The van der Waals surface area contributed by atoms with E-state index in [1.165, 1.54) is 0 Å². The van der Waals surface area contributed by atoms with Crippen molar-refractivity contribution in [1.82, 2.24) is 0 Å². The molecular weight excluding hydrogens is 190 g/mol. The fourth-order valence-electron chi connectivity index (χ4n) is 1.09. The highest BCUT2D eigenvalue weighted by Crippen LogP contribution is 2.20. The number of benzene rings is 1. The van der Waals surface area contributed by atoms with Crippen LogP contribution in [-0.2, 0) is 0 Å². The van der Waals surface area contributed by atoms with E-state index in [1.807, 2.05) is 0 Å². The summed E-state index contributed by atoms with van der Waals surface area (Å²) in [7, 11) is 0. The van der Waals surface area contributed by atoms with Gasteiger partial charge in [-0.1, -0.05) is 0 Å². The number of nitrogens with two attached hydrogens (primary N) is 1. The van der Waals surface area contributed by atoms with E-state index in [4.69, 9.17) is 16.1 Å². The Morgan fingerprint density at radius 3 is 2.29 bits per heavy atom. The van der Waals surface area contributed by atoms with E-state index in [9.17, 15) is 8.78 Å². The maximum absolute atomic E-state index is 13.2. The second-order valence-corrected chi connectivity index (χ2v) is 2.75. The Hall–Kier alpha value is -1.51. The third kappa shape index (κ3) is 1.87. The van der Waals surface area contributed by atoms with E-state index < -0.39 is 29.8 Å². The van der Waals surface area contributed by atoms with E-state index in [1.54, 1.807) is 6.07 Å². The zero-order valence-electron chi connectivity index (χ0n) is 7.17. The van der Waals surface area contributed by atoms with Crippen LogP contribution < -0.4 is 5.73 Å². The van der Waals surface area contributed by atoms with Crippen LogP contribution in [0.2, 0.25) is 0 Å². The number of halogens is 2. The molecule has 1 unspecified atom stereocenters. The van der Waals surface area contributed by atoms with Crippen molar-refractivity contribution in [3.05, 3.63) is 34.9 Å². The van der Waals surface area contributed by atoms with Gasteiger partial charge in [0, 0.05) is 5.56 Å². The summed E-state index contributed by atoms with van der Waals surface area (Å²) >= 11 is 0. The van der Waals surface area contributed by atoms with Gasteiger partial charge in [-0.25, -0.2) is 8.78 Å². The van der Waals surface area contributed by atoms with Crippen molar-refractivity contribution in [3.8, 4) is 6.07 Å². The van der Waals surface area contributed by atoms with E-state index >= 15 is 0 Å². The molecule has 74 valence electrons. The van der Waals surface area contributed by atoms with E-state index in [0.717, 1.165) is 12.1 Å². The van der Waals surface area contributed by atoms with Gasteiger partial charge >= 0.3 is 0 Å². The molecule has 14 heavy (non-hydrogen) atoms. The van der Waals surface area contributed by atoms with E-state index in [0.29, 0.717) is 0 Å². The fraction of sp³-hybridized carbons (Fsp3) is 0.222. The highest BCUT2D eigenvalue weighted by Gasteiger charge is 2.17. The third-order valence-corrected chi connectivity index (χ3v) is 1.78. The largest absolute Gasteiger partial charge is 0.394 e. The molecule has 0 bridgehead atoms. The summed E-state index contributed by atoms with van der Waals surface area (Å²) in [4.78, 5) is 0. The number of aliphatic hydroxyl groups excluding tert-OH is 1. The van der Waals surface area contributed by atoms with Crippen molar-refractivity contribution < 1.29 is 13.9 Å². The summed E-state index contributed by atoms with van der Waals surface area (Å²) in [5.41, 5.74) is 4.76. The average molecular weight is 198 g/mol. The van der Waals surface area contributed by atoms with Gasteiger partial charge in [-0.2, -0.15) is 5.26 Å². The first-order chi connectivity index (χ1) is 6.60. The van der Waals surface area contributed by atoms with Gasteiger partial charge in [0.25, 0.3) is 0 Å². The summed E-state index contributed by atoms with van der Waals surface area (Å²) in [5.74, 6) is -1.83. The summed E-state index contributed by atoms with van der Waals surface area (Å²) in [6.07, 6.45) is 0. The first kappa shape index (κ1) is 10.6. The molecule has 0 radical (unpaired) electrons. The first-order valence-corrected chi connectivity index (χ1v) is 3.85. The Morgan fingerprint density at radius 1 is 1.43 bits per heavy atom. The van der Waals surface area contributed by atoms with Crippen molar-refractivity contribution in [2.45, 2.75) is 6.04 Å². The second kappa shape index (κ2) is 4.13. The zero-order chi connectivity index (χ0) is 10.7. The molecule has 3 nitrogen and oxygen atoms in total. The lowest BCUT2D eigenvalue weighted by molar-refractivity contribution is 0.262. The molecule has 0 aliphatic carbocycles. The Kier molecular flexibility index (Phi) is 3.12. The smallest absolute Gasteiger partial charge is 0.132 e. The maximum Gasteiger partial charge on any atom is 0.132 e. The third-order valence-electron chi connectivity index (χ3n) is 1.78. The molecule has 0 saturated heterocycles. The minimum absolute atomic E-state index is 0.117. The van der Waals surface area contributed by atoms with Crippen molar-refractivity contribution in [2.24, 2.45) is 5.73 Å². The topological polar surface area (TPSA) is 70.0 Å². The van der Waals surface area contributed by atoms with E-state index in [-0.39, 0.29) is 5.56 Å². The van der Waals surface area contributed by atoms with Gasteiger partial charge in [-0.3, -0.25) is 0 Å². The summed E-state index contributed by atoms with van der Waals surface area (Å²) in [5, 5.41) is 17.0. The number of nitriles is 1. The van der Waals surface area contributed by atoms with Crippen molar-refractivity contribution >= 4 is 0 Å². The van der Waals surface area contributed by atoms with Gasteiger partial charge in [0.05, 0.1) is 24.3 Å². The Bertz CT molecular complexity index is 364. The van der Waals surface area contributed by atoms with Gasteiger partial charge in [-0.15, -0.1) is 0 Å². The molecule has 0 amide bonds. The van der Waals surface area contributed by atoms with Gasteiger partial charge < -0.3 is 10.8 Å². The standard InChI is InChI=1S/C9H8F2N2O/c10-6-1-5(3-12)2-7(11)9(6)8(13)4-14/h1-2,8,14H,4,13H2. The number of nitrogens with zero attached hydrogens (tertiary/aromatic N) is 1. The molecular formula is C9H8F2N2O. The molecule has 0 fully saturated rings. The van der Waals surface area contributed by atoms with Crippen molar-refractivity contribution in [1.29, 1.82) is 5.26 Å². The van der Waals surface area contributed by atoms with Crippen LogP contribution in [0.4, 0.5) is 8.78 Å². The molecule has 0 aliphatic heterocycles. The SMILES string of the molecule is N#Cc1cc(F)c(C(N)CO)c(F)c1. The average Bonchev–Trinajstić information content (AvgIpc) is 2.16.